The van der Waals surface area contributed by atoms with Gasteiger partial charge in [-0.15, -0.1) is 0 Å². The number of hydrogen-bond donors (Lipinski definition) is 3. The van der Waals surface area contributed by atoms with Crippen molar-refractivity contribution in [3.8, 4) is 5.75 Å². The van der Waals surface area contributed by atoms with Gasteiger partial charge in [-0.1, -0.05) is 41.4 Å². The first-order valence-corrected chi connectivity index (χ1v) is 12.4. The Morgan fingerprint density at radius 2 is 1.45 bits per heavy atom. The minimum atomic E-state index is -1.05. The van der Waals surface area contributed by atoms with Crippen molar-refractivity contribution in [3.05, 3.63) is 124 Å². The van der Waals surface area contributed by atoms with Crippen LogP contribution in [-0.2, 0) is 9.59 Å². The molecule has 200 valence electrons. The van der Waals surface area contributed by atoms with Gasteiger partial charge in [0.1, 0.15) is 5.75 Å². The lowest BCUT2D eigenvalue weighted by atomic mass is 10.1. The van der Waals surface area contributed by atoms with Crippen molar-refractivity contribution in [2.24, 2.45) is 5.10 Å². The molecule has 9 nitrogen and oxygen atoms in total. The van der Waals surface area contributed by atoms with Gasteiger partial charge in [-0.25, -0.2) is 10.2 Å². The van der Waals surface area contributed by atoms with E-state index in [2.05, 4.69) is 21.2 Å². The monoisotopic (exact) mass is 574 g/mol. The second-order valence-electron chi connectivity index (χ2n) is 8.13. The molecule has 0 bridgehead atoms. The third-order valence-electron chi connectivity index (χ3n) is 5.26. The highest BCUT2D eigenvalue weighted by molar-refractivity contribution is 6.40. The number of rotatable bonds is 7. The van der Waals surface area contributed by atoms with Crippen LogP contribution in [0.3, 0.4) is 0 Å². The number of nitrogens with one attached hydrogen (secondary N) is 3. The van der Waals surface area contributed by atoms with Crippen molar-refractivity contribution in [1.82, 2.24) is 5.43 Å². The first-order valence-electron chi connectivity index (χ1n) is 11.7. The lowest BCUT2D eigenvalue weighted by molar-refractivity contribution is -0.136. The molecule has 0 fully saturated rings. The SMILES string of the molecule is O=C(N/N=C\c1ccc(OC(=O)c2cccc(Cl)c2)cc1)C(=O)Nc1ccccc1C(=O)Nc1ccc(Cl)cc1. The van der Waals surface area contributed by atoms with E-state index in [-0.39, 0.29) is 11.3 Å². The van der Waals surface area contributed by atoms with E-state index in [1.54, 1.807) is 78.9 Å². The Bertz CT molecular complexity index is 1590. The Morgan fingerprint density at radius 1 is 0.725 bits per heavy atom. The molecular weight excluding hydrogens is 555 g/mol. The number of anilines is 2. The molecule has 4 aromatic rings. The molecule has 0 atom stereocenters. The number of hydrogen-bond acceptors (Lipinski definition) is 6. The molecule has 0 radical (unpaired) electrons. The summed E-state index contributed by atoms with van der Waals surface area (Å²) in [6, 6.07) is 25.4. The third kappa shape index (κ3) is 7.76. The second-order valence-corrected chi connectivity index (χ2v) is 9.00. The Labute approximate surface area is 238 Å². The molecule has 0 unspecified atom stereocenters. The van der Waals surface area contributed by atoms with Gasteiger partial charge in [0.15, 0.2) is 0 Å². The maximum Gasteiger partial charge on any atom is 0.343 e. The highest BCUT2D eigenvalue weighted by Crippen LogP contribution is 2.19. The molecule has 3 N–H and O–H groups in total. The first kappa shape index (κ1) is 28.0. The number of carbonyl (C=O) groups excluding carboxylic acids is 4. The van der Waals surface area contributed by atoms with Crippen molar-refractivity contribution in [2.45, 2.75) is 0 Å². The molecule has 0 aromatic heterocycles. The number of halogens is 2. The number of nitrogens with zero attached hydrogens (tertiary/aromatic N) is 1. The van der Waals surface area contributed by atoms with Crippen LogP contribution < -0.4 is 20.8 Å². The Morgan fingerprint density at radius 3 is 2.17 bits per heavy atom. The van der Waals surface area contributed by atoms with E-state index in [1.165, 1.54) is 24.4 Å². The van der Waals surface area contributed by atoms with Crippen molar-refractivity contribution in [1.29, 1.82) is 0 Å². The lowest BCUT2D eigenvalue weighted by Crippen LogP contribution is -2.33. The predicted molar refractivity (Wildman–Crippen MR) is 153 cm³/mol. The molecule has 40 heavy (non-hydrogen) atoms. The van der Waals surface area contributed by atoms with Gasteiger partial charge in [0.05, 0.1) is 23.0 Å². The Kier molecular flexibility index (Phi) is 9.24. The lowest BCUT2D eigenvalue weighted by Gasteiger charge is -2.11. The number of hydrazone groups is 1. The van der Waals surface area contributed by atoms with Crippen molar-refractivity contribution in [2.75, 3.05) is 10.6 Å². The maximum absolute atomic E-state index is 12.7. The van der Waals surface area contributed by atoms with Crippen molar-refractivity contribution < 1.29 is 23.9 Å². The molecular formula is C29H20Cl2N4O5. The largest absolute Gasteiger partial charge is 0.423 e. The van der Waals surface area contributed by atoms with Gasteiger partial charge in [-0.05, 0) is 84.4 Å². The molecule has 4 aromatic carbocycles. The molecule has 3 amide bonds. The summed E-state index contributed by atoms with van der Waals surface area (Å²) in [6.07, 6.45) is 1.31. The Balaban J connectivity index is 1.30. The summed E-state index contributed by atoms with van der Waals surface area (Å²) in [4.78, 5) is 49.6. The minimum Gasteiger partial charge on any atom is -0.423 e. The summed E-state index contributed by atoms with van der Waals surface area (Å²) >= 11 is 11.8. The van der Waals surface area contributed by atoms with Crippen LogP contribution in [0.4, 0.5) is 11.4 Å². The van der Waals surface area contributed by atoms with Crippen LogP contribution in [0.2, 0.25) is 10.0 Å². The molecule has 0 aliphatic rings. The first-order chi connectivity index (χ1) is 19.3. The molecule has 4 rings (SSSR count). The van der Waals surface area contributed by atoms with E-state index in [9.17, 15) is 19.2 Å². The Hall–Kier alpha value is -4.99. The molecule has 0 saturated heterocycles. The topological polar surface area (TPSA) is 126 Å². The van der Waals surface area contributed by atoms with Crippen LogP contribution in [0, 0.1) is 0 Å². The van der Waals surface area contributed by atoms with Crippen molar-refractivity contribution in [3.63, 3.8) is 0 Å². The normalized spacial score (nSPS) is 10.6. The minimum absolute atomic E-state index is 0.140. The number of para-hydroxylation sites is 1. The summed E-state index contributed by atoms with van der Waals surface area (Å²) in [5.41, 5.74) is 3.80. The van der Waals surface area contributed by atoms with E-state index in [4.69, 9.17) is 27.9 Å². The maximum atomic E-state index is 12.7. The van der Waals surface area contributed by atoms with Crippen LogP contribution >= 0.6 is 23.2 Å². The summed E-state index contributed by atoms with van der Waals surface area (Å²) in [6.45, 7) is 0. The molecule has 0 saturated carbocycles. The average molecular weight is 575 g/mol. The zero-order valence-corrected chi connectivity index (χ0v) is 22.1. The zero-order valence-electron chi connectivity index (χ0n) is 20.6. The molecule has 11 heteroatoms. The summed E-state index contributed by atoms with van der Waals surface area (Å²) < 4.78 is 5.31. The standard InChI is InChI=1S/C29H20Cl2N4O5/c30-20-10-12-22(13-11-20)33-26(36)24-6-1-2-7-25(24)34-27(37)28(38)35-32-17-18-8-14-23(15-9-18)40-29(39)19-4-3-5-21(31)16-19/h1-17H,(H,33,36)(H,34,37)(H,35,38)/b32-17-. The fraction of sp³-hybridized carbons (Fsp3) is 0. The fourth-order valence-corrected chi connectivity index (χ4v) is 3.64. The molecule has 0 aliphatic heterocycles. The van der Waals surface area contributed by atoms with Gasteiger partial charge in [0.25, 0.3) is 5.91 Å². The number of benzene rings is 4. The molecule has 0 aliphatic carbocycles. The third-order valence-corrected chi connectivity index (χ3v) is 5.75. The smallest absolute Gasteiger partial charge is 0.343 e. The van der Waals surface area contributed by atoms with Crippen LogP contribution in [0.5, 0.6) is 5.75 Å². The van der Waals surface area contributed by atoms with E-state index < -0.39 is 23.7 Å². The van der Waals surface area contributed by atoms with Gasteiger partial charge >= 0.3 is 17.8 Å². The van der Waals surface area contributed by atoms with E-state index in [0.717, 1.165) is 0 Å². The fourth-order valence-electron chi connectivity index (χ4n) is 3.32. The average Bonchev–Trinajstić information content (AvgIpc) is 2.95. The number of ether oxygens (including phenoxy) is 1. The molecule has 0 spiro atoms. The van der Waals surface area contributed by atoms with E-state index >= 15 is 0 Å². The summed E-state index contributed by atoms with van der Waals surface area (Å²) in [5, 5.41) is 9.83. The zero-order chi connectivity index (χ0) is 28.5. The van der Waals surface area contributed by atoms with Crippen LogP contribution in [0.25, 0.3) is 0 Å². The number of esters is 1. The highest BCUT2D eigenvalue weighted by atomic mass is 35.5. The quantitative estimate of drug-likeness (QED) is 0.0876. The number of amides is 3. The van der Waals surface area contributed by atoms with Gasteiger partial charge < -0.3 is 15.4 Å². The molecule has 0 heterocycles. The van der Waals surface area contributed by atoms with E-state index in [1.807, 2.05) is 0 Å². The van der Waals surface area contributed by atoms with Gasteiger partial charge in [-0.2, -0.15) is 5.10 Å². The highest BCUT2D eigenvalue weighted by Gasteiger charge is 2.18. The van der Waals surface area contributed by atoms with Crippen LogP contribution in [0.1, 0.15) is 26.3 Å². The summed E-state index contributed by atoms with van der Waals surface area (Å²) in [5.74, 6) is -2.82. The van der Waals surface area contributed by atoms with E-state index in [0.29, 0.717) is 32.6 Å². The second kappa shape index (κ2) is 13.2. The van der Waals surface area contributed by atoms with Gasteiger partial charge in [0, 0.05) is 15.7 Å². The predicted octanol–water partition coefficient (Wildman–Crippen LogP) is 5.55. The number of carbonyl (C=O) groups is 4. The van der Waals surface area contributed by atoms with Crippen molar-refractivity contribution >= 4 is 64.5 Å². The van der Waals surface area contributed by atoms with Gasteiger partial charge in [0.2, 0.25) is 0 Å². The van der Waals surface area contributed by atoms with Gasteiger partial charge in [-0.3, -0.25) is 14.4 Å². The van der Waals surface area contributed by atoms with Crippen LogP contribution in [-0.4, -0.2) is 29.9 Å². The summed E-state index contributed by atoms with van der Waals surface area (Å²) in [7, 11) is 0. The van der Waals surface area contributed by atoms with Crippen LogP contribution in [0.15, 0.2) is 102 Å².